The van der Waals surface area contributed by atoms with E-state index in [4.69, 9.17) is 5.11 Å². The van der Waals surface area contributed by atoms with Crippen LogP contribution in [0.4, 0.5) is 4.79 Å². The number of hydrogen-bond acceptors (Lipinski definition) is 3. The first-order valence-corrected chi connectivity index (χ1v) is 7.62. The number of carbonyl (C=O) groups is 2. The first-order valence-electron chi connectivity index (χ1n) is 6.46. The lowest BCUT2D eigenvalue weighted by molar-refractivity contribution is -0.137. The molecule has 2 amide bonds. The van der Waals surface area contributed by atoms with Crippen LogP contribution < -0.4 is 0 Å². The maximum absolute atomic E-state index is 12.5. The number of rotatable bonds is 4. The van der Waals surface area contributed by atoms with E-state index in [2.05, 4.69) is 6.92 Å². The molecule has 0 spiro atoms. The monoisotopic (exact) mass is 272 g/mol. The first-order chi connectivity index (χ1) is 8.59. The molecule has 0 bridgehead atoms. The summed E-state index contributed by atoms with van der Waals surface area (Å²) in [6, 6.07) is 0.563. The predicted molar refractivity (Wildman–Crippen MR) is 70.9 cm³/mol. The van der Waals surface area contributed by atoms with Crippen LogP contribution in [0.15, 0.2) is 0 Å². The molecule has 102 valence electrons. The number of urea groups is 1. The summed E-state index contributed by atoms with van der Waals surface area (Å²) >= 11 is 1.87. The Morgan fingerprint density at radius 2 is 2.17 bits per heavy atom. The van der Waals surface area contributed by atoms with Crippen molar-refractivity contribution in [3.8, 4) is 0 Å². The lowest BCUT2D eigenvalue weighted by Crippen LogP contribution is -2.52. The highest BCUT2D eigenvalue weighted by atomic mass is 32.2. The van der Waals surface area contributed by atoms with Crippen LogP contribution in [-0.2, 0) is 4.79 Å². The summed E-state index contributed by atoms with van der Waals surface area (Å²) < 4.78 is 0. The molecule has 1 aliphatic carbocycles. The molecule has 1 N–H and O–H groups in total. The van der Waals surface area contributed by atoms with E-state index in [0.717, 1.165) is 30.9 Å². The van der Waals surface area contributed by atoms with Crippen molar-refractivity contribution in [3.05, 3.63) is 0 Å². The lowest BCUT2D eigenvalue weighted by Gasteiger charge is -2.37. The molecule has 2 fully saturated rings. The second-order valence-electron chi connectivity index (χ2n) is 4.97. The minimum atomic E-state index is -0.837. The van der Waals surface area contributed by atoms with Crippen molar-refractivity contribution in [1.29, 1.82) is 0 Å². The molecule has 1 unspecified atom stereocenters. The number of aliphatic carboxylic acids is 1. The van der Waals surface area contributed by atoms with Gasteiger partial charge in [-0.3, -0.25) is 4.79 Å². The zero-order valence-corrected chi connectivity index (χ0v) is 11.5. The van der Waals surface area contributed by atoms with Crippen molar-refractivity contribution in [1.82, 2.24) is 9.80 Å². The minimum Gasteiger partial charge on any atom is -0.481 e. The summed E-state index contributed by atoms with van der Waals surface area (Å²) in [5.74, 6) is 1.12. The van der Waals surface area contributed by atoms with Crippen LogP contribution in [0.1, 0.15) is 26.2 Å². The number of nitrogens with zero attached hydrogens (tertiary/aromatic N) is 2. The topological polar surface area (TPSA) is 60.9 Å². The molecule has 0 aromatic carbocycles. The predicted octanol–water partition coefficient (Wildman–Crippen LogP) is 1.48. The Hall–Kier alpha value is -0.910. The highest BCUT2D eigenvalue weighted by Crippen LogP contribution is 2.29. The minimum absolute atomic E-state index is 0.0338. The van der Waals surface area contributed by atoms with E-state index in [1.165, 1.54) is 0 Å². The van der Waals surface area contributed by atoms with Crippen molar-refractivity contribution >= 4 is 23.8 Å². The molecule has 6 heteroatoms. The van der Waals surface area contributed by atoms with Crippen molar-refractivity contribution < 1.29 is 14.7 Å². The van der Waals surface area contributed by atoms with Crippen molar-refractivity contribution in [2.75, 3.05) is 24.6 Å². The molecule has 1 heterocycles. The molecule has 18 heavy (non-hydrogen) atoms. The highest BCUT2D eigenvalue weighted by Gasteiger charge is 2.36. The largest absolute Gasteiger partial charge is 0.481 e. The average Bonchev–Trinajstić information content (AvgIpc) is 3.13. The highest BCUT2D eigenvalue weighted by molar-refractivity contribution is 7.99. The van der Waals surface area contributed by atoms with E-state index in [9.17, 15) is 9.59 Å². The molecule has 2 rings (SSSR count). The maximum Gasteiger partial charge on any atom is 0.320 e. The van der Waals surface area contributed by atoms with E-state index in [1.807, 2.05) is 16.7 Å². The molecule has 0 aromatic heterocycles. The van der Waals surface area contributed by atoms with E-state index in [1.54, 1.807) is 4.90 Å². The first kappa shape index (κ1) is 13.5. The van der Waals surface area contributed by atoms with Gasteiger partial charge in [-0.25, -0.2) is 4.79 Å². The fourth-order valence-electron chi connectivity index (χ4n) is 2.21. The summed E-state index contributed by atoms with van der Waals surface area (Å²) in [5.41, 5.74) is 0. The summed E-state index contributed by atoms with van der Waals surface area (Å²) in [7, 11) is 0. The molecule has 1 aliphatic heterocycles. The summed E-state index contributed by atoms with van der Waals surface area (Å²) in [6.45, 7) is 3.18. The number of carboxylic acids is 1. The summed E-state index contributed by atoms with van der Waals surface area (Å²) in [4.78, 5) is 26.8. The second kappa shape index (κ2) is 5.82. The van der Waals surface area contributed by atoms with Gasteiger partial charge in [0.05, 0.1) is 6.42 Å². The molecule has 1 saturated carbocycles. The lowest BCUT2D eigenvalue weighted by atomic mass is 10.3. The number of thioether (sulfide) groups is 1. The standard InChI is InChI=1S/C12H20N2O3S/c1-9-8-18-7-6-13(9)12(17)14(10-2-3-10)5-4-11(15)16/h9-10H,2-8H2,1H3,(H,15,16). The van der Waals surface area contributed by atoms with Crippen molar-refractivity contribution in [3.63, 3.8) is 0 Å². The van der Waals surface area contributed by atoms with Gasteiger partial charge in [0.2, 0.25) is 0 Å². The molecule has 0 aromatic rings. The van der Waals surface area contributed by atoms with Crippen LogP contribution in [-0.4, -0.2) is 63.6 Å². The fourth-order valence-corrected chi connectivity index (χ4v) is 3.23. The van der Waals surface area contributed by atoms with E-state index < -0.39 is 5.97 Å². The normalized spacial score (nSPS) is 23.8. The van der Waals surface area contributed by atoms with Crippen LogP contribution in [0.2, 0.25) is 0 Å². The Balaban J connectivity index is 1.96. The van der Waals surface area contributed by atoms with E-state index in [-0.39, 0.29) is 24.5 Å². The molecule has 1 saturated heterocycles. The molecular formula is C12H20N2O3S. The van der Waals surface area contributed by atoms with Gasteiger partial charge in [0.15, 0.2) is 0 Å². The van der Waals surface area contributed by atoms with E-state index in [0.29, 0.717) is 6.54 Å². The molecule has 2 aliphatic rings. The summed E-state index contributed by atoms with van der Waals surface area (Å²) in [6.07, 6.45) is 2.07. The van der Waals surface area contributed by atoms with Gasteiger partial charge in [-0.05, 0) is 19.8 Å². The van der Waals surface area contributed by atoms with Crippen LogP contribution >= 0.6 is 11.8 Å². The quantitative estimate of drug-likeness (QED) is 0.842. The van der Waals surface area contributed by atoms with Gasteiger partial charge in [0.1, 0.15) is 0 Å². The molecule has 1 atom stereocenters. The van der Waals surface area contributed by atoms with Gasteiger partial charge in [0, 0.05) is 36.7 Å². The smallest absolute Gasteiger partial charge is 0.320 e. The Kier molecular flexibility index (Phi) is 4.37. The second-order valence-corrected chi connectivity index (χ2v) is 6.12. The van der Waals surface area contributed by atoms with Crippen LogP contribution in [0.3, 0.4) is 0 Å². The number of carboxylic acid groups (broad SMARTS) is 1. The molecule has 5 nitrogen and oxygen atoms in total. The van der Waals surface area contributed by atoms with Crippen LogP contribution in [0.25, 0.3) is 0 Å². The zero-order chi connectivity index (χ0) is 13.1. The van der Waals surface area contributed by atoms with Crippen molar-refractivity contribution in [2.24, 2.45) is 0 Å². The van der Waals surface area contributed by atoms with Gasteiger partial charge in [-0.1, -0.05) is 0 Å². The SMILES string of the molecule is CC1CSCCN1C(=O)N(CCC(=O)O)C1CC1. The van der Waals surface area contributed by atoms with Gasteiger partial charge in [-0.15, -0.1) is 0 Å². The van der Waals surface area contributed by atoms with Crippen LogP contribution in [0.5, 0.6) is 0 Å². The van der Waals surface area contributed by atoms with Gasteiger partial charge < -0.3 is 14.9 Å². The molecule has 0 radical (unpaired) electrons. The van der Waals surface area contributed by atoms with E-state index >= 15 is 0 Å². The fraction of sp³-hybridized carbons (Fsp3) is 0.833. The number of carbonyl (C=O) groups excluding carboxylic acids is 1. The Morgan fingerprint density at radius 1 is 1.44 bits per heavy atom. The Bertz CT molecular complexity index is 333. The zero-order valence-electron chi connectivity index (χ0n) is 10.7. The number of amides is 2. The average molecular weight is 272 g/mol. The van der Waals surface area contributed by atoms with Crippen LogP contribution in [0, 0.1) is 0 Å². The van der Waals surface area contributed by atoms with Gasteiger partial charge >= 0.3 is 12.0 Å². The Morgan fingerprint density at radius 3 is 2.72 bits per heavy atom. The third-order valence-electron chi connectivity index (χ3n) is 3.41. The molecular weight excluding hydrogens is 252 g/mol. The Labute approximate surface area is 112 Å². The van der Waals surface area contributed by atoms with Gasteiger partial charge in [0.25, 0.3) is 0 Å². The summed E-state index contributed by atoms with van der Waals surface area (Å²) in [5, 5.41) is 8.75. The van der Waals surface area contributed by atoms with Gasteiger partial charge in [-0.2, -0.15) is 11.8 Å². The van der Waals surface area contributed by atoms with Crippen molar-refractivity contribution in [2.45, 2.75) is 38.3 Å². The maximum atomic E-state index is 12.5. The third kappa shape index (κ3) is 3.31. The third-order valence-corrected chi connectivity index (χ3v) is 4.60. The number of hydrogen-bond donors (Lipinski definition) is 1.